The summed E-state index contributed by atoms with van der Waals surface area (Å²) in [6.07, 6.45) is 1.77. The summed E-state index contributed by atoms with van der Waals surface area (Å²) >= 11 is 0. The largest absolute Gasteiger partial charge is 0.319 e. The van der Waals surface area contributed by atoms with E-state index in [2.05, 4.69) is 5.32 Å². The Morgan fingerprint density at radius 3 is 2.59 bits per heavy atom. The predicted octanol–water partition coefficient (Wildman–Crippen LogP) is -0.0459. The molecule has 9 heteroatoms. The molecular formula is C13H21N3O4S2. The number of nitrogens with one attached hydrogen (secondary N) is 1. The third-order valence-electron chi connectivity index (χ3n) is 3.75. The van der Waals surface area contributed by atoms with Gasteiger partial charge in [-0.2, -0.15) is 4.31 Å². The van der Waals surface area contributed by atoms with Crippen LogP contribution in [0.15, 0.2) is 34.1 Å². The third-order valence-corrected chi connectivity index (χ3v) is 6.52. The lowest BCUT2D eigenvalue weighted by atomic mass is 10.00. The molecule has 1 aliphatic heterocycles. The van der Waals surface area contributed by atoms with Gasteiger partial charge >= 0.3 is 0 Å². The van der Waals surface area contributed by atoms with Crippen LogP contribution in [0.25, 0.3) is 0 Å². The number of hydrogen-bond donors (Lipinski definition) is 2. The molecule has 1 heterocycles. The molecule has 0 spiro atoms. The lowest BCUT2D eigenvalue weighted by Crippen LogP contribution is -2.42. The number of rotatable bonds is 5. The van der Waals surface area contributed by atoms with Crippen molar-refractivity contribution in [1.82, 2.24) is 9.62 Å². The van der Waals surface area contributed by atoms with Gasteiger partial charge in [0.2, 0.25) is 20.0 Å². The van der Waals surface area contributed by atoms with Crippen LogP contribution < -0.4 is 10.5 Å². The highest BCUT2D eigenvalue weighted by atomic mass is 32.2. The maximum atomic E-state index is 12.7. The molecule has 0 radical (unpaired) electrons. The van der Waals surface area contributed by atoms with Gasteiger partial charge in [0.1, 0.15) is 0 Å². The van der Waals surface area contributed by atoms with E-state index in [-0.39, 0.29) is 15.7 Å². The van der Waals surface area contributed by atoms with E-state index in [0.717, 1.165) is 25.5 Å². The van der Waals surface area contributed by atoms with Crippen molar-refractivity contribution in [3.05, 3.63) is 24.3 Å². The minimum absolute atomic E-state index is 0.0378. The summed E-state index contributed by atoms with van der Waals surface area (Å²) in [6, 6.07) is 5.19. The van der Waals surface area contributed by atoms with E-state index in [9.17, 15) is 16.8 Å². The number of sulfonamides is 2. The first kappa shape index (κ1) is 17.4. The van der Waals surface area contributed by atoms with Gasteiger partial charge in [-0.25, -0.2) is 22.0 Å². The fourth-order valence-corrected chi connectivity index (χ4v) is 4.90. The Morgan fingerprint density at radius 2 is 1.95 bits per heavy atom. The standard InChI is InChI=1S/C13H21N3O4S2/c1-15-9-11-4-3-7-16(10-11)22(19,20)13-6-2-5-12(8-13)21(14,17)18/h2,5-6,8,11,15H,3-4,7,9-10H2,1H3,(H2,14,17,18)/t11-/m1/s1. The number of nitrogens with two attached hydrogens (primary N) is 1. The van der Waals surface area contributed by atoms with Crippen LogP contribution in [0.5, 0.6) is 0 Å². The van der Waals surface area contributed by atoms with Crippen LogP contribution >= 0.6 is 0 Å². The molecule has 1 atom stereocenters. The number of hydrogen-bond acceptors (Lipinski definition) is 5. The van der Waals surface area contributed by atoms with Crippen molar-refractivity contribution in [2.75, 3.05) is 26.7 Å². The summed E-state index contributed by atoms with van der Waals surface area (Å²) < 4.78 is 49.6. The van der Waals surface area contributed by atoms with Crippen molar-refractivity contribution in [2.45, 2.75) is 22.6 Å². The fourth-order valence-electron chi connectivity index (χ4n) is 2.66. The Bertz CT molecular complexity index is 729. The molecule has 1 saturated heterocycles. The van der Waals surface area contributed by atoms with Crippen LogP contribution in [-0.4, -0.2) is 47.8 Å². The zero-order valence-corrected chi connectivity index (χ0v) is 14.0. The van der Waals surface area contributed by atoms with Crippen LogP contribution in [0.2, 0.25) is 0 Å². The molecule has 124 valence electrons. The van der Waals surface area contributed by atoms with Crippen LogP contribution in [0.4, 0.5) is 0 Å². The second kappa shape index (κ2) is 6.63. The van der Waals surface area contributed by atoms with Gasteiger partial charge in [-0.3, -0.25) is 0 Å². The Morgan fingerprint density at radius 1 is 1.27 bits per heavy atom. The average molecular weight is 347 g/mol. The zero-order valence-electron chi connectivity index (χ0n) is 12.4. The van der Waals surface area contributed by atoms with Crippen LogP contribution in [-0.2, 0) is 20.0 Å². The molecule has 1 aromatic carbocycles. The Hall–Kier alpha value is -1.00. The average Bonchev–Trinajstić information content (AvgIpc) is 2.47. The molecule has 0 bridgehead atoms. The molecule has 7 nitrogen and oxygen atoms in total. The van der Waals surface area contributed by atoms with Crippen LogP contribution in [0.3, 0.4) is 0 Å². The third kappa shape index (κ3) is 3.85. The van der Waals surface area contributed by atoms with E-state index in [0.29, 0.717) is 13.1 Å². The van der Waals surface area contributed by atoms with Crippen molar-refractivity contribution in [3.63, 3.8) is 0 Å². The smallest absolute Gasteiger partial charge is 0.243 e. The van der Waals surface area contributed by atoms with Crippen molar-refractivity contribution in [2.24, 2.45) is 11.1 Å². The summed E-state index contributed by atoms with van der Waals surface area (Å²) in [5.74, 6) is 0.259. The van der Waals surface area contributed by atoms with Gasteiger partial charge < -0.3 is 5.32 Å². The second-order valence-corrected chi connectivity index (χ2v) is 8.95. The van der Waals surface area contributed by atoms with Crippen molar-refractivity contribution in [1.29, 1.82) is 0 Å². The Labute approximate surface area is 131 Å². The quantitative estimate of drug-likeness (QED) is 0.776. The molecule has 0 unspecified atom stereocenters. The summed E-state index contributed by atoms with van der Waals surface area (Å²) in [5.41, 5.74) is 0. The van der Waals surface area contributed by atoms with Gasteiger partial charge in [0.25, 0.3) is 0 Å². The molecule has 3 N–H and O–H groups in total. The van der Waals surface area contributed by atoms with E-state index < -0.39 is 20.0 Å². The summed E-state index contributed by atoms with van der Waals surface area (Å²) in [4.78, 5) is -0.235. The minimum Gasteiger partial charge on any atom is -0.319 e. The van der Waals surface area contributed by atoms with Gasteiger partial charge in [-0.05, 0) is 50.6 Å². The molecule has 0 saturated carbocycles. The number of benzene rings is 1. The van der Waals surface area contributed by atoms with Crippen LogP contribution in [0.1, 0.15) is 12.8 Å². The van der Waals surface area contributed by atoms with Gasteiger partial charge in [-0.1, -0.05) is 6.07 Å². The van der Waals surface area contributed by atoms with E-state index in [1.165, 1.54) is 22.5 Å². The van der Waals surface area contributed by atoms with E-state index in [1.54, 1.807) is 0 Å². The first-order chi connectivity index (χ1) is 10.2. The van der Waals surface area contributed by atoms with Crippen LogP contribution in [0, 0.1) is 5.92 Å². The van der Waals surface area contributed by atoms with E-state index in [1.807, 2.05) is 7.05 Å². The number of nitrogens with zero attached hydrogens (tertiary/aromatic N) is 1. The maximum Gasteiger partial charge on any atom is 0.243 e. The van der Waals surface area contributed by atoms with Gasteiger partial charge in [0.05, 0.1) is 9.79 Å². The first-order valence-corrected chi connectivity index (χ1v) is 10.0. The molecule has 22 heavy (non-hydrogen) atoms. The highest BCUT2D eigenvalue weighted by Gasteiger charge is 2.30. The minimum atomic E-state index is -3.93. The summed E-state index contributed by atoms with van der Waals surface area (Å²) in [6.45, 7) is 1.63. The number of primary sulfonamides is 1. The molecule has 1 aromatic rings. The molecule has 0 aliphatic carbocycles. The van der Waals surface area contributed by atoms with Gasteiger partial charge in [-0.15, -0.1) is 0 Å². The topological polar surface area (TPSA) is 110 Å². The predicted molar refractivity (Wildman–Crippen MR) is 83.2 cm³/mol. The first-order valence-electron chi connectivity index (χ1n) is 7.03. The van der Waals surface area contributed by atoms with E-state index in [4.69, 9.17) is 5.14 Å². The monoisotopic (exact) mass is 347 g/mol. The highest BCUT2D eigenvalue weighted by Crippen LogP contribution is 2.24. The Kier molecular flexibility index (Phi) is 5.23. The Balaban J connectivity index is 2.30. The number of piperidine rings is 1. The molecular weight excluding hydrogens is 326 g/mol. The van der Waals surface area contributed by atoms with Crippen molar-refractivity contribution < 1.29 is 16.8 Å². The fraction of sp³-hybridized carbons (Fsp3) is 0.538. The van der Waals surface area contributed by atoms with Gasteiger partial charge in [0, 0.05) is 13.1 Å². The van der Waals surface area contributed by atoms with Crippen molar-refractivity contribution in [3.8, 4) is 0 Å². The molecule has 1 fully saturated rings. The molecule has 0 amide bonds. The van der Waals surface area contributed by atoms with Crippen molar-refractivity contribution >= 4 is 20.0 Å². The molecule has 2 rings (SSSR count). The molecule has 1 aliphatic rings. The van der Waals surface area contributed by atoms with Gasteiger partial charge in [0.15, 0.2) is 0 Å². The summed E-state index contributed by atoms with van der Waals surface area (Å²) in [5, 5.41) is 8.13. The highest BCUT2D eigenvalue weighted by molar-refractivity contribution is 7.90. The normalized spacial score (nSPS) is 20.9. The zero-order chi connectivity index (χ0) is 16.4. The van der Waals surface area contributed by atoms with E-state index >= 15 is 0 Å². The lowest BCUT2D eigenvalue weighted by molar-refractivity contribution is 0.263. The summed E-state index contributed by atoms with van der Waals surface area (Å²) in [7, 11) is -5.80. The molecule has 0 aromatic heterocycles. The maximum absolute atomic E-state index is 12.7. The second-order valence-electron chi connectivity index (χ2n) is 5.45. The SMILES string of the molecule is CNC[C@H]1CCCN(S(=O)(=O)c2cccc(S(N)(=O)=O)c2)C1. The lowest BCUT2D eigenvalue weighted by Gasteiger charge is -2.31.